The fourth-order valence-corrected chi connectivity index (χ4v) is 2.71. The zero-order valence-electron chi connectivity index (χ0n) is 14.3. The molecule has 0 spiro atoms. The Bertz CT molecular complexity index is 1100. The van der Waals surface area contributed by atoms with Crippen molar-refractivity contribution in [3.05, 3.63) is 94.7 Å². The first-order valence-electron chi connectivity index (χ1n) is 8.37. The van der Waals surface area contributed by atoms with Gasteiger partial charge in [-0.3, -0.25) is 10.1 Å². The van der Waals surface area contributed by atoms with Gasteiger partial charge in [0.1, 0.15) is 12.4 Å². The maximum atomic E-state index is 10.9. The van der Waals surface area contributed by atoms with E-state index >= 15 is 0 Å². The molecule has 0 atom stereocenters. The summed E-state index contributed by atoms with van der Waals surface area (Å²) >= 11 is 0. The van der Waals surface area contributed by atoms with Crippen LogP contribution in [0.25, 0.3) is 22.3 Å². The van der Waals surface area contributed by atoms with E-state index in [0.29, 0.717) is 23.3 Å². The Kier molecular flexibility index (Phi) is 4.45. The molecule has 0 N–H and O–H groups in total. The second-order valence-electron chi connectivity index (χ2n) is 5.99. The highest BCUT2D eigenvalue weighted by Gasteiger charge is 2.09. The lowest BCUT2D eigenvalue weighted by Crippen LogP contribution is -1.95. The summed E-state index contributed by atoms with van der Waals surface area (Å²) in [5, 5.41) is 11.5. The van der Waals surface area contributed by atoms with Crippen LogP contribution in [0.1, 0.15) is 5.56 Å². The molecule has 0 unspecified atom stereocenters. The molecule has 0 radical (unpaired) electrons. The summed E-state index contributed by atoms with van der Waals surface area (Å²) in [4.78, 5) is 19.3. The number of ether oxygens (including phenoxy) is 1. The number of nitrogens with zero attached hydrogens (tertiary/aromatic N) is 3. The van der Waals surface area contributed by atoms with Crippen LogP contribution in [0, 0.1) is 10.1 Å². The number of fused-ring (bicyclic) bond motifs is 1. The van der Waals surface area contributed by atoms with Crippen molar-refractivity contribution in [1.82, 2.24) is 9.97 Å². The van der Waals surface area contributed by atoms with Gasteiger partial charge in [0, 0.05) is 29.3 Å². The van der Waals surface area contributed by atoms with Crippen molar-refractivity contribution in [2.24, 2.45) is 0 Å². The van der Waals surface area contributed by atoms with Gasteiger partial charge in [0.25, 0.3) is 5.69 Å². The SMILES string of the molecule is O=[N+]([O-])c1ccc2nc(-c3ccc(OCc4ccccc4)cc3)ncc2c1. The molecular formula is C21H15N3O3. The van der Waals surface area contributed by atoms with Crippen LogP contribution in [0.4, 0.5) is 5.69 Å². The summed E-state index contributed by atoms with van der Waals surface area (Å²) in [5.74, 6) is 1.32. The Morgan fingerprint density at radius 2 is 1.74 bits per heavy atom. The van der Waals surface area contributed by atoms with Crippen molar-refractivity contribution in [1.29, 1.82) is 0 Å². The normalized spacial score (nSPS) is 10.7. The van der Waals surface area contributed by atoms with Crippen molar-refractivity contribution < 1.29 is 9.66 Å². The molecule has 1 heterocycles. The zero-order valence-corrected chi connectivity index (χ0v) is 14.3. The lowest BCUT2D eigenvalue weighted by molar-refractivity contribution is -0.384. The summed E-state index contributed by atoms with van der Waals surface area (Å²) in [6.07, 6.45) is 1.60. The number of rotatable bonds is 5. The second-order valence-corrected chi connectivity index (χ2v) is 5.99. The van der Waals surface area contributed by atoms with Gasteiger partial charge >= 0.3 is 0 Å². The Hall–Kier alpha value is -3.80. The number of nitro groups is 1. The largest absolute Gasteiger partial charge is 0.489 e. The van der Waals surface area contributed by atoms with Crippen LogP contribution < -0.4 is 4.74 Å². The minimum absolute atomic E-state index is 0.0266. The summed E-state index contributed by atoms with van der Waals surface area (Å²) in [7, 11) is 0. The summed E-state index contributed by atoms with van der Waals surface area (Å²) in [6.45, 7) is 0.505. The highest BCUT2D eigenvalue weighted by Crippen LogP contribution is 2.24. The first-order chi connectivity index (χ1) is 13.2. The molecule has 0 saturated heterocycles. The van der Waals surface area contributed by atoms with E-state index in [2.05, 4.69) is 9.97 Å². The second kappa shape index (κ2) is 7.21. The Morgan fingerprint density at radius 3 is 2.48 bits per heavy atom. The van der Waals surface area contributed by atoms with Crippen molar-refractivity contribution >= 4 is 16.6 Å². The molecule has 0 amide bonds. The molecule has 6 heteroatoms. The van der Waals surface area contributed by atoms with E-state index < -0.39 is 4.92 Å². The van der Waals surface area contributed by atoms with Crippen LogP contribution in [0.3, 0.4) is 0 Å². The lowest BCUT2D eigenvalue weighted by Gasteiger charge is -2.07. The van der Waals surface area contributed by atoms with Gasteiger partial charge in [0.05, 0.1) is 10.4 Å². The minimum atomic E-state index is -0.429. The van der Waals surface area contributed by atoms with Crippen LogP contribution in [0.2, 0.25) is 0 Å². The van der Waals surface area contributed by atoms with E-state index in [-0.39, 0.29) is 5.69 Å². The molecule has 3 aromatic carbocycles. The standard InChI is InChI=1S/C21H15N3O3/c25-24(26)18-8-11-20-17(12-18)13-22-21(23-20)16-6-9-19(10-7-16)27-14-15-4-2-1-3-5-15/h1-13H,14H2. The molecule has 0 aliphatic heterocycles. The van der Waals surface area contributed by atoms with E-state index in [4.69, 9.17) is 4.74 Å². The number of benzene rings is 3. The van der Waals surface area contributed by atoms with E-state index in [1.165, 1.54) is 12.1 Å². The summed E-state index contributed by atoms with van der Waals surface area (Å²) < 4.78 is 5.78. The predicted octanol–water partition coefficient (Wildman–Crippen LogP) is 4.78. The lowest BCUT2D eigenvalue weighted by atomic mass is 10.2. The van der Waals surface area contributed by atoms with Crippen molar-refractivity contribution in [3.63, 3.8) is 0 Å². The highest BCUT2D eigenvalue weighted by molar-refractivity contribution is 5.81. The number of nitro benzene ring substituents is 1. The number of hydrogen-bond donors (Lipinski definition) is 0. The number of aromatic nitrogens is 2. The van der Waals surface area contributed by atoms with E-state index in [0.717, 1.165) is 16.9 Å². The Balaban J connectivity index is 1.52. The summed E-state index contributed by atoms with van der Waals surface area (Å²) in [6, 6.07) is 22.1. The fourth-order valence-electron chi connectivity index (χ4n) is 2.71. The topological polar surface area (TPSA) is 78.2 Å². The van der Waals surface area contributed by atoms with Gasteiger partial charge in [-0.2, -0.15) is 0 Å². The first kappa shape index (κ1) is 16.7. The molecule has 0 aliphatic rings. The van der Waals surface area contributed by atoms with Gasteiger partial charge in [0.2, 0.25) is 0 Å². The Labute approximate surface area is 155 Å². The first-order valence-corrected chi connectivity index (χ1v) is 8.37. The fraction of sp³-hybridized carbons (Fsp3) is 0.0476. The monoisotopic (exact) mass is 357 g/mol. The number of hydrogen-bond acceptors (Lipinski definition) is 5. The minimum Gasteiger partial charge on any atom is -0.489 e. The van der Waals surface area contributed by atoms with Crippen molar-refractivity contribution in [2.75, 3.05) is 0 Å². The predicted molar refractivity (Wildman–Crippen MR) is 102 cm³/mol. The smallest absolute Gasteiger partial charge is 0.270 e. The van der Waals surface area contributed by atoms with Crippen LogP contribution in [0.15, 0.2) is 79.0 Å². The molecule has 0 saturated carbocycles. The average molecular weight is 357 g/mol. The van der Waals surface area contributed by atoms with Gasteiger partial charge in [-0.15, -0.1) is 0 Å². The molecule has 0 aliphatic carbocycles. The molecule has 6 nitrogen and oxygen atoms in total. The van der Waals surface area contributed by atoms with E-state index in [9.17, 15) is 10.1 Å². The zero-order chi connectivity index (χ0) is 18.6. The third kappa shape index (κ3) is 3.74. The van der Waals surface area contributed by atoms with Gasteiger partial charge in [0.15, 0.2) is 5.82 Å². The van der Waals surface area contributed by atoms with E-state index in [1.807, 2.05) is 54.6 Å². The molecule has 27 heavy (non-hydrogen) atoms. The van der Waals surface area contributed by atoms with Crippen LogP contribution in [-0.4, -0.2) is 14.9 Å². The van der Waals surface area contributed by atoms with E-state index in [1.54, 1.807) is 12.3 Å². The highest BCUT2D eigenvalue weighted by atomic mass is 16.6. The van der Waals surface area contributed by atoms with Crippen molar-refractivity contribution in [2.45, 2.75) is 6.61 Å². The summed E-state index contributed by atoms with van der Waals surface area (Å²) in [5.41, 5.74) is 2.64. The van der Waals surface area contributed by atoms with Gasteiger partial charge in [-0.1, -0.05) is 30.3 Å². The molecule has 0 fully saturated rings. The molecule has 4 aromatic rings. The van der Waals surface area contributed by atoms with Gasteiger partial charge in [-0.05, 0) is 35.9 Å². The maximum Gasteiger partial charge on any atom is 0.270 e. The average Bonchev–Trinajstić information content (AvgIpc) is 2.72. The Morgan fingerprint density at radius 1 is 0.963 bits per heavy atom. The van der Waals surface area contributed by atoms with Crippen LogP contribution >= 0.6 is 0 Å². The van der Waals surface area contributed by atoms with Crippen LogP contribution in [-0.2, 0) is 6.61 Å². The third-order valence-corrected chi connectivity index (χ3v) is 4.14. The molecule has 4 rings (SSSR count). The molecule has 1 aromatic heterocycles. The number of non-ortho nitro benzene ring substituents is 1. The van der Waals surface area contributed by atoms with Gasteiger partial charge < -0.3 is 4.74 Å². The molecular weight excluding hydrogens is 342 g/mol. The maximum absolute atomic E-state index is 10.9. The van der Waals surface area contributed by atoms with Gasteiger partial charge in [-0.25, -0.2) is 9.97 Å². The molecule has 132 valence electrons. The quantitative estimate of drug-likeness (QED) is 0.379. The van der Waals surface area contributed by atoms with Crippen LogP contribution in [0.5, 0.6) is 5.75 Å². The van der Waals surface area contributed by atoms with Crippen molar-refractivity contribution in [3.8, 4) is 17.1 Å². The molecule has 0 bridgehead atoms. The third-order valence-electron chi connectivity index (χ3n) is 4.14.